The summed E-state index contributed by atoms with van der Waals surface area (Å²) in [5.41, 5.74) is 0. The lowest BCUT2D eigenvalue weighted by atomic mass is 9.81. The van der Waals surface area contributed by atoms with Crippen LogP contribution in [0, 0.1) is 17.8 Å². The maximum atomic E-state index is 11.4. The van der Waals surface area contributed by atoms with Gasteiger partial charge in [0.1, 0.15) is 6.10 Å². The van der Waals surface area contributed by atoms with Crippen LogP contribution in [0.25, 0.3) is 0 Å². The lowest BCUT2D eigenvalue weighted by Gasteiger charge is -2.34. The molecule has 0 aliphatic carbocycles. The maximum Gasteiger partial charge on any atom is 0.305 e. The first-order valence-corrected chi connectivity index (χ1v) is 7.85. The van der Waals surface area contributed by atoms with E-state index in [1.165, 1.54) is 0 Å². The molecule has 6 atom stereocenters. The van der Waals surface area contributed by atoms with Crippen molar-refractivity contribution in [3.63, 3.8) is 0 Å². The Labute approximate surface area is 123 Å². The van der Waals surface area contributed by atoms with E-state index < -0.39 is 12.2 Å². The van der Waals surface area contributed by atoms with E-state index in [0.717, 1.165) is 6.42 Å². The Morgan fingerprint density at radius 2 is 1.50 bits per heavy atom. The van der Waals surface area contributed by atoms with Crippen molar-refractivity contribution in [2.45, 2.75) is 79.1 Å². The van der Waals surface area contributed by atoms with Crippen LogP contribution in [-0.2, 0) is 9.53 Å². The van der Waals surface area contributed by atoms with Gasteiger partial charge in [-0.25, -0.2) is 0 Å². The van der Waals surface area contributed by atoms with Crippen molar-refractivity contribution in [2.75, 3.05) is 0 Å². The van der Waals surface area contributed by atoms with Gasteiger partial charge in [-0.2, -0.15) is 0 Å². The molecule has 0 fully saturated rings. The molecule has 0 amide bonds. The van der Waals surface area contributed by atoms with E-state index >= 15 is 0 Å². The summed E-state index contributed by atoms with van der Waals surface area (Å²) in [5, 5.41) is 20.7. The van der Waals surface area contributed by atoms with Gasteiger partial charge < -0.3 is 14.9 Å². The van der Waals surface area contributed by atoms with Crippen molar-refractivity contribution in [3.8, 4) is 0 Å². The molecule has 0 radical (unpaired) electrons. The number of carbonyl (C=O) groups excluding carboxylic acids is 1. The van der Waals surface area contributed by atoms with Gasteiger partial charge >= 0.3 is 5.97 Å². The van der Waals surface area contributed by atoms with Gasteiger partial charge in [0.05, 0.1) is 12.2 Å². The summed E-state index contributed by atoms with van der Waals surface area (Å²) in [5.74, 6) is -0.533. The highest BCUT2D eigenvalue weighted by atomic mass is 16.5. The summed E-state index contributed by atoms with van der Waals surface area (Å²) >= 11 is 0. The quantitative estimate of drug-likeness (QED) is 0.640. The molecular formula is C16H32O4. The van der Waals surface area contributed by atoms with E-state index in [1.54, 1.807) is 6.92 Å². The number of rotatable bonds is 9. The first-order valence-electron chi connectivity index (χ1n) is 7.85. The van der Waals surface area contributed by atoms with E-state index in [-0.39, 0.29) is 29.8 Å². The molecular weight excluding hydrogens is 256 g/mol. The van der Waals surface area contributed by atoms with Crippen LogP contribution in [0.4, 0.5) is 0 Å². The molecule has 0 aliphatic rings. The smallest absolute Gasteiger partial charge is 0.305 e. The summed E-state index contributed by atoms with van der Waals surface area (Å²) in [6.07, 6.45) is 0.337. The largest absolute Gasteiger partial charge is 0.462 e. The normalized spacial score (nSPS) is 20.6. The van der Waals surface area contributed by atoms with Crippen LogP contribution in [0.5, 0.6) is 0 Å². The average molecular weight is 288 g/mol. The molecule has 0 aromatic carbocycles. The third-order valence-corrected chi connectivity index (χ3v) is 4.40. The molecule has 0 aromatic heterocycles. The van der Waals surface area contributed by atoms with Gasteiger partial charge in [0.2, 0.25) is 0 Å². The van der Waals surface area contributed by atoms with Crippen LogP contribution in [0.1, 0.15) is 60.8 Å². The second-order valence-electron chi connectivity index (χ2n) is 5.88. The lowest BCUT2D eigenvalue weighted by Crippen LogP contribution is -2.42. The lowest BCUT2D eigenvalue weighted by molar-refractivity contribution is -0.155. The zero-order chi connectivity index (χ0) is 15.9. The number of carbonyl (C=O) groups is 1. The Kier molecular flexibility index (Phi) is 9.06. The van der Waals surface area contributed by atoms with Gasteiger partial charge in [0, 0.05) is 18.3 Å². The fraction of sp³-hybridized carbons (Fsp3) is 0.938. The minimum Gasteiger partial charge on any atom is -0.462 e. The van der Waals surface area contributed by atoms with E-state index in [9.17, 15) is 15.0 Å². The highest BCUT2D eigenvalue weighted by molar-refractivity contribution is 5.69. The van der Waals surface area contributed by atoms with Crippen LogP contribution in [-0.4, -0.2) is 34.5 Å². The summed E-state index contributed by atoms with van der Waals surface area (Å²) in [6, 6.07) is 0. The third-order valence-electron chi connectivity index (χ3n) is 4.40. The molecule has 0 rings (SSSR count). The van der Waals surface area contributed by atoms with Crippen LogP contribution < -0.4 is 0 Å². The summed E-state index contributed by atoms with van der Waals surface area (Å²) in [6.45, 7) is 11.4. The van der Waals surface area contributed by atoms with Crippen molar-refractivity contribution in [1.82, 2.24) is 0 Å². The first-order chi connectivity index (χ1) is 9.29. The van der Waals surface area contributed by atoms with Gasteiger partial charge in [-0.1, -0.05) is 48.0 Å². The number of aliphatic hydroxyl groups is 2. The Bertz CT molecular complexity index is 280. The maximum absolute atomic E-state index is 11.4. The molecule has 0 saturated heterocycles. The van der Waals surface area contributed by atoms with Crippen LogP contribution >= 0.6 is 0 Å². The fourth-order valence-electron chi connectivity index (χ4n) is 2.48. The topological polar surface area (TPSA) is 66.8 Å². The Morgan fingerprint density at radius 1 is 0.950 bits per heavy atom. The molecule has 0 bridgehead atoms. The van der Waals surface area contributed by atoms with E-state index in [4.69, 9.17) is 4.74 Å². The third kappa shape index (κ3) is 5.41. The zero-order valence-electron chi connectivity index (χ0n) is 13.8. The summed E-state index contributed by atoms with van der Waals surface area (Å²) < 4.78 is 5.37. The molecule has 120 valence electrons. The number of hydrogen-bond acceptors (Lipinski definition) is 4. The van der Waals surface area contributed by atoms with Gasteiger partial charge in [-0.05, 0) is 12.3 Å². The van der Waals surface area contributed by atoms with Gasteiger partial charge in [-0.15, -0.1) is 0 Å². The molecule has 0 saturated carbocycles. The van der Waals surface area contributed by atoms with E-state index in [2.05, 4.69) is 0 Å². The number of hydrogen-bond donors (Lipinski definition) is 2. The molecule has 2 N–H and O–H groups in total. The van der Waals surface area contributed by atoms with Gasteiger partial charge in [0.15, 0.2) is 0 Å². The number of ether oxygens (including phenoxy) is 1. The summed E-state index contributed by atoms with van der Waals surface area (Å²) in [7, 11) is 0. The SMILES string of the molecule is CCC(=O)O[C@@H](CC)[C@H](C)[C@@H](O)[C@@H](C)[C@@H](O)[C@H](C)CC. The molecule has 0 unspecified atom stereocenters. The number of esters is 1. The molecule has 0 aliphatic heterocycles. The average Bonchev–Trinajstić information content (AvgIpc) is 2.48. The second kappa shape index (κ2) is 9.35. The Hall–Kier alpha value is -0.610. The predicted octanol–water partition coefficient (Wildman–Crippen LogP) is 2.76. The van der Waals surface area contributed by atoms with Crippen molar-refractivity contribution in [2.24, 2.45) is 17.8 Å². The molecule has 20 heavy (non-hydrogen) atoms. The minimum atomic E-state index is -0.686. The van der Waals surface area contributed by atoms with Gasteiger partial charge in [0.25, 0.3) is 0 Å². The molecule has 0 aromatic rings. The van der Waals surface area contributed by atoms with Crippen molar-refractivity contribution in [3.05, 3.63) is 0 Å². The highest BCUT2D eigenvalue weighted by Gasteiger charge is 2.34. The first kappa shape index (κ1) is 19.4. The van der Waals surface area contributed by atoms with Crippen LogP contribution in [0.3, 0.4) is 0 Å². The summed E-state index contributed by atoms with van der Waals surface area (Å²) in [4.78, 5) is 11.4. The van der Waals surface area contributed by atoms with Crippen molar-refractivity contribution >= 4 is 5.97 Å². The monoisotopic (exact) mass is 288 g/mol. The number of aliphatic hydroxyl groups excluding tert-OH is 2. The van der Waals surface area contributed by atoms with E-state index in [0.29, 0.717) is 12.8 Å². The minimum absolute atomic E-state index is 0.144. The van der Waals surface area contributed by atoms with Crippen LogP contribution in [0.15, 0.2) is 0 Å². The molecule has 0 spiro atoms. The Morgan fingerprint density at radius 3 is 1.90 bits per heavy atom. The fourth-order valence-corrected chi connectivity index (χ4v) is 2.48. The Balaban J connectivity index is 4.71. The molecule has 0 heterocycles. The van der Waals surface area contributed by atoms with Gasteiger partial charge in [-0.3, -0.25) is 4.79 Å². The second-order valence-corrected chi connectivity index (χ2v) is 5.88. The van der Waals surface area contributed by atoms with Crippen molar-refractivity contribution < 1.29 is 19.7 Å². The highest BCUT2D eigenvalue weighted by Crippen LogP contribution is 2.26. The predicted molar refractivity (Wildman–Crippen MR) is 80.3 cm³/mol. The van der Waals surface area contributed by atoms with Crippen molar-refractivity contribution in [1.29, 1.82) is 0 Å². The van der Waals surface area contributed by atoms with E-state index in [1.807, 2.05) is 34.6 Å². The zero-order valence-corrected chi connectivity index (χ0v) is 13.8. The molecule has 4 heteroatoms. The standard InChI is InChI=1S/C16H32O4/c1-7-10(4)15(18)12(6)16(19)11(5)13(8-2)20-14(17)9-3/h10-13,15-16,18-19H,7-9H2,1-6H3/t10-,11+,12+,13+,15+,16-/m1/s1. The molecule has 4 nitrogen and oxygen atoms in total. The van der Waals surface area contributed by atoms with Crippen LogP contribution in [0.2, 0.25) is 0 Å².